The van der Waals surface area contributed by atoms with Gasteiger partial charge in [-0.15, -0.1) is 0 Å². The SMILES string of the molecule is CC[C@H]1Cc2cc(O)c(O[C@H]3C[C@@H](Cc4ccc[nH]4)C4=CCNC(N)=C4CSSC[C@H](CO)[C@@H]3O)cc2[C@H]2C[C@@H](O)[C@H]3[C@@H](OCCO)CC[C@H](O)C[C@@](CCO)(C[C@H](CCc4ccccc4)c4ccccc4)C#C[C@H]3C=C12. The maximum Gasteiger partial charge on any atom is 0.161 e. The van der Waals surface area contributed by atoms with Crippen molar-refractivity contribution in [2.75, 3.05) is 44.5 Å². The molecule has 3 heterocycles. The van der Waals surface area contributed by atoms with Gasteiger partial charge in [-0.1, -0.05) is 119 Å². The van der Waals surface area contributed by atoms with E-state index in [0.717, 1.165) is 47.2 Å². The molecule has 0 unspecified atom stereocenters. The molecule has 14 heteroatoms. The summed E-state index contributed by atoms with van der Waals surface area (Å²) >= 11 is 0. The maximum atomic E-state index is 12.9. The van der Waals surface area contributed by atoms with E-state index in [1.165, 1.54) is 16.7 Å². The molecule has 1 fully saturated rings. The second-order valence-corrected chi connectivity index (χ2v) is 24.8. The number of aromatic nitrogens is 1. The number of nitrogens with two attached hydrogens (primary N) is 1. The lowest BCUT2D eigenvalue weighted by Gasteiger charge is -2.38. The van der Waals surface area contributed by atoms with E-state index in [0.29, 0.717) is 81.7 Å². The Morgan fingerprint density at radius 3 is 2.45 bits per heavy atom. The highest BCUT2D eigenvalue weighted by atomic mass is 33.1. The second kappa shape index (κ2) is 27.0. The molecule has 12 nitrogen and oxygen atoms in total. The Morgan fingerprint density at radius 1 is 0.909 bits per heavy atom. The van der Waals surface area contributed by atoms with Crippen molar-refractivity contribution in [1.82, 2.24) is 10.3 Å². The summed E-state index contributed by atoms with van der Waals surface area (Å²) < 4.78 is 13.5. The number of benzene rings is 3. The molecule has 1 saturated heterocycles. The Hall–Kier alpha value is -4.66. The number of hydrogen-bond acceptors (Lipinski definition) is 13. The van der Waals surface area contributed by atoms with Gasteiger partial charge in [0.1, 0.15) is 11.9 Å². The van der Waals surface area contributed by atoms with Crippen LogP contribution in [0.2, 0.25) is 0 Å². The number of fused-ring (bicyclic) bond motifs is 5. The molecule has 0 spiro atoms. The maximum absolute atomic E-state index is 12.9. The van der Waals surface area contributed by atoms with Crippen LogP contribution in [0, 0.1) is 46.8 Å². The number of phenols is 1. The predicted molar refractivity (Wildman–Crippen MR) is 307 cm³/mol. The number of rotatable bonds is 17. The molecule has 4 aromatic rings. The van der Waals surface area contributed by atoms with Gasteiger partial charge in [-0.3, -0.25) is 0 Å². The van der Waals surface area contributed by atoms with Crippen LogP contribution in [-0.2, 0) is 24.0 Å². The number of ether oxygens (including phenoxy) is 2. The summed E-state index contributed by atoms with van der Waals surface area (Å²) in [7, 11) is 3.24. The van der Waals surface area contributed by atoms with Gasteiger partial charge in [0, 0.05) is 77.8 Å². The van der Waals surface area contributed by atoms with Gasteiger partial charge in [0.25, 0.3) is 0 Å². The number of phenolic OH excluding ortho intramolecular Hbond substituents is 1. The van der Waals surface area contributed by atoms with Crippen LogP contribution in [0.4, 0.5) is 0 Å². The third kappa shape index (κ3) is 13.9. The van der Waals surface area contributed by atoms with Crippen molar-refractivity contribution < 1.29 is 45.2 Å². The van der Waals surface area contributed by atoms with Crippen LogP contribution in [0.3, 0.4) is 0 Å². The lowest BCUT2D eigenvalue weighted by Crippen LogP contribution is -2.42. The monoisotopic (exact) mass is 1090 g/mol. The number of aliphatic hydroxyl groups is 6. The highest BCUT2D eigenvalue weighted by molar-refractivity contribution is 8.76. The standard InChI is InChI=1S/C63H81N3O9S2/c1-2-41-28-45-31-55(71)58(75-59-32-46(29-48-14-9-23-65-48)50-20-24-66-62(64)54(50)39-77-76-38-47(37-69)61(59)73)34-52(45)53-33-56(72)60-43(30-51(41)53)19-21-63(22-25-67,36-49(70)17-18-57(60)74-27-26-68)35-44(42-12-7-4-8-13-42)16-15-40-10-5-3-6-11-40/h3-14,20,23,30-31,34,41,43-44,46-47,49,53,56-57,59-61,65-73H,2,15-18,22,24-29,32-33,35-39,64H2,1H3/t41-,43-,44-,46+,47-,49-,53-,56+,57-,59-,60-,61-,63-/m0/s1. The molecular weight excluding hydrogens is 1010 g/mol. The van der Waals surface area contributed by atoms with E-state index < -0.39 is 53.7 Å². The highest BCUT2D eigenvalue weighted by Crippen LogP contribution is 2.52. The fraction of sp³-hybridized carbons (Fsp3) is 0.524. The molecule has 1 aromatic heterocycles. The zero-order valence-electron chi connectivity index (χ0n) is 44.5. The summed E-state index contributed by atoms with van der Waals surface area (Å²) in [5, 5.41) is 84.3. The summed E-state index contributed by atoms with van der Waals surface area (Å²) in [5.41, 5.74) is 14.6. The minimum atomic E-state index is -1.08. The lowest BCUT2D eigenvalue weighted by molar-refractivity contribution is -0.0654. The molecule has 414 valence electrons. The van der Waals surface area contributed by atoms with Gasteiger partial charge >= 0.3 is 0 Å². The summed E-state index contributed by atoms with van der Waals surface area (Å²) in [6.07, 6.45) is 9.02. The topological polar surface area (TPSA) is 214 Å². The minimum absolute atomic E-state index is 0.0344. The number of aromatic amines is 1. The van der Waals surface area contributed by atoms with Crippen LogP contribution in [0.25, 0.3) is 0 Å². The first-order valence-electron chi connectivity index (χ1n) is 28.1. The van der Waals surface area contributed by atoms with Crippen molar-refractivity contribution in [2.24, 2.45) is 40.7 Å². The van der Waals surface area contributed by atoms with Crippen molar-refractivity contribution in [3.05, 3.63) is 154 Å². The smallest absolute Gasteiger partial charge is 0.161 e. The van der Waals surface area contributed by atoms with Gasteiger partial charge in [0.05, 0.1) is 37.6 Å². The fourth-order valence-electron chi connectivity index (χ4n) is 13.3. The van der Waals surface area contributed by atoms with Crippen molar-refractivity contribution in [2.45, 2.75) is 126 Å². The van der Waals surface area contributed by atoms with E-state index in [-0.39, 0.29) is 61.6 Å². The molecule has 0 amide bonds. The molecule has 5 aliphatic rings. The van der Waals surface area contributed by atoms with E-state index in [1.807, 2.05) is 30.5 Å². The van der Waals surface area contributed by atoms with Gasteiger partial charge < -0.3 is 61.3 Å². The van der Waals surface area contributed by atoms with Crippen LogP contribution in [0.15, 0.2) is 126 Å². The Labute approximate surface area is 463 Å². The van der Waals surface area contributed by atoms with Gasteiger partial charge in [-0.25, -0.2) is 0 Å². The largest absolute Gasteiger partial charge is 0.504 e. The third-order valence-corrected chi connectivity index (χ3v) is 19.7. The lowest BCUT2D eigenvalue weighted by atomic mass is 9.69. The summed E-state index contributed by atoms with van der Waals surface area (Å²) in [6, 6.07) is 28.8. The van der Waals surface area contributed by atoms with Crippen LogP contribution in [0.1, 0.15) is 104 Å². The minimum Gasteiger partial charge on any atom is -0.504 e. The molecule has 3 aromatic carbocycles. The second-order valence-electron chi connectivity index (χ2n) is 22.3. The van der Waals surface area contributed by atoms with E-state index in [2.05, 4.69) is 95.8 Å². The first kappa shape index (κ1) is 57.0. The molecule has 11 N–H and O–H groups in total. The number of aryl methyl sites for hydroxylation is 1. The first-order valence-corrected chi connectivity index (χ1v) is 30.6. The number of dihydropyridines is 1. The zero-order valence-corrected chi connectivity index (χ0v) is 46.2. The molecule has 0 bridgehead atoms. The van der Waals surface area contributed by atoms with Crippen molar-refractivity contribution in [3.8, 4) is 23.3 Å². The van der Waals surface area contributed by atoms with Crippen LogP contribution in [-0.4, -0.2) is 116 Å². The fourth-order valence-corrected chi connectivity index (χ4v) is 15.8. The van der Waals surface area contributed by atoms with E-state index >= 15 is 0 Å². The van der Waals surface area contributed by atoms with Gasteiger partial charge in [0.2, 0.25) is 0 Å². The molecule has 0 radical (unpaired) electrons. The first-order chi connectivity index (χ1) is 37.5. The van der Waals surface area contributed by atoms with Crippen molar-refractivity contribution in [3.63, 3.8) is 0 Å². The number of allylic oxidation sites excluding steroid dienone is 3. The number of hydrogen-bond donors (Lipinski definition) is 10. The van der Waals surface area contributed by atoms with E-state index in [1.54, 1.807) is 27.7 Å². The van der Waals surface area contributed by atoms with Crippen molar-refractivity contribution in [1.29, 1.82) is 0 Å². The quantitative estimate of drug-likeness (QED) is 0.0273. The Balaban J connectivity index is 1.10. The van der Waals surface area contributed by atoms with Gasteiger partial charge in [-0.2, -0.15) is 0 Å². The molecular formula is C63H81N3O9S2. The number of aliphatic hydroxyl groups excluding tert-OH is 6. The van der Waals surface area contributed by atoms with Crippen molar-refractivity contribution >= 4 is 21.6 Å². The Kier molecular flexibility index (Phi) is 20.0. The van der Waals surface area contributed by atoms with Gasteiger partial charge in [0.15, 0.2) is 11.5 Å². The highest BCUT2D eigenvalue weighted by Gasteiger charge is 2.45. The number of aromatic hydroxyl groups is 1. The summed E-state index contributed by atoms with van der Waals surface area (Å²) in [4.78, 5) is 3.37. The normalized spacial score (nSPS) is 30.2. The van der Waals surface area contributed by atoms with Crippen LogP contribution in [0.5, 0.6) is 11.5 Å². The summed E-state index contributed by atoms with van der Waals surface area (Å²) in [5.74, 6) is 7.78. The van der Waals surface area contributed by atoms with Gasteiger partial charge in [-0.05, 0) is 147 Å². The number of nitrogens with one attached hydrogen (secondary N) is 2. The molecule has 9 rings (SSSR count). The molecule has 0 saturated carbocycles. The number of H-pyrrole nitrogens is 1. The summed E-state index contributed by atoms with van der Waals surface area (Å²) in [6.45, 7) is 2.29. The average Bonchev–Trinajstić information content (AvgIpc) is 3.97. The van der Waals surface area contributed by atoms with Crippen LogP contribution >= 0.6 is 21.6 Å². The predicted octanol–water partition coefficient (Wildman–Crippen LogP) is 8.47. The Morgan fingerprint density at radius 2 is 1.71 bits per heavy atom. The van der Waals surface area contributed by atoms with E-state index in [9.17, 15) is 35.7 Å². The Bertz CT molecular complexity index is 2690. The average molecular weight is 1090 g/mol. The molecule has 13 atom stereocenters. The molecule has 77 heavy (non-hydrogen) atoms. The van der Waals surface area contributed by atoms with E-state index in [4.69, 9.17) is 15.2 Å². The van der Waals surface area contributed by atoms with Crippen LogP contribution < -0.4 is 15.8 Å². The molecule has 2 aliphatic heterocycles. The molecule has 3 aliphatic carbocycles. The zero-order chi connectivity index (χ0) is 53.9. The third-order valence-electron chi connectivity index (χ3n) is 17.3.